The smallest absolute Gasteiger partial charge is 0.256 e. The fraction of sp³-hybridized carbons (Fsp3) is 0.179. The van der Waals surface area contributed by atoms with Gasteiger partial charge in [0.1, 0.15) is 0 Å². The van der Waals surface area contributed by atoms with Gasteiger partial charge in [-0.25, -0.2) is 0 Å². The zero-order chi connectivity index (χ0) is 23.9. The minimum Gasteiger partial charge on any atom is -0.379 e. The van der Waals surface area contributed by atoms with Crippen LogP contribution in [-0.2, 0) is 24.9 Å². The van der Waals surface area contributed by atoms with Crippen LogP contribution in [-0.4, -0.2) is 26.7 Å². The van der Waals surface area contributed by atoms with Crippen molar-refractivity contribution in [2.45, 2.75) is 26.1 Å². The molecule has 2 aliphatic rings. The van der Waals surface area contributed by atoms with Crippen LogP contribution in [0, 0.1) is 0 Å². The number of nitrogens with one attached hydrogen (secondary N) is 3. The van der Waals surface area contributed by atoms with E-state index in [9.17, 15) is 4.79 Å². The standard InChI is InChI=1S/C28H26N6O/c1-17-8-24-23-11-20(6-7-26(23)32-17)25-15-31-34(2)27(25)16-29-12-18-4-3-5-19(9-18)21-10-22(14-30-13-21)33-28(24)35/h3-11,13-15,17,29,32H,12,16H2,1-2H3,(H,33,35). The van der Waals surface area contributed by atoms with Gasteiger partial charge in [0.05, 0.1) is 23.8 Å². The number of nitrogens with zero attached hydrogens (tertiary/aromatic N) is 3. The first-order valence-electron chi connectivity index (χ1n) is 11.8. The van der Waals surface area contributed by atoms with Crippen molar-refractivity contribution in [2.24, 2.45) is 7.05 Å². The van der Waals surface area contributed by atoms with Crippen LogP contribution in [0.15, 0.2) is 73.2 Å². The lowest BCUT2D eigenvalue weighted by atomic mass is 9.93. The summed E-state index contributed by atoms with van der Waals surface area (Å²) >= 11 is 0. The molecule has 1 unspecified atom stereocenters. The van der Waals surface area contributed by atoms with E-state index in [1.807, 2.05) is 49.3 Å². The number of benzene rings is 2. The van der Waals surface area contributed by atoms with E-state index in [0.717, 1.165) is 45.7 Å². The quantitative estimate of drug-likeness (QED) is 0.356. The molecule has 0 radical (unpaired) electrons. The molecule has 0 fully saturated rings. The largest absolute Gasteiger partial charge is 0.379 e. The van der Waals surface area contributed by atoms with E-state index >= 15 is 0 Å². The lowest BCUT2D eigenvalue weighted by Gasteiger charge is -2.24. The van der Waals surface area contributed by atoms with Crippen molar-refractivity contribution in [1.82, 2.24) is 20.1 Å². The molecule has 0 spiro atoms. The predicted octanol–water partition coefficient (Wildman–Crippen LogP) is 4.59. The van der Waals surface area contributed by atoms with Crippen molar-refractivity contribution in [3.63, 3.8) is 0 Å². The molecule has 2 aromatic heterocycles. The van der Waals surface area contributed by atoms with Gasteiger partial charge >= 0.3 is 0 Å². The highest BCUT2D eigenvalue weighted by Gasteiger charge is 2.23. The van der Waals surface area contributed by atoms with Crippen LogP contribution in [0.25, 0.3) is 27.8 Å². The van der Waals surface area contributed by atoms with E-state index < -0.39 is 0 Å². The molecule has 2 aliphatic heterocycles. The number of rotatable bonds is 0. The van der Waals surface area contributed by atoms with Crippen molar-refractivity contribution >= 4 is 22.9 Å². The summed E-state index contributed by atoms with van der Waals surface area (Å²) in [6, 6.07) is 16.6. The molecule has 7 nitrogen and oxygen atoms in total. The average molecular weight is 463 g/mol. The molecule has 1 atom stereocenters. The summed E-state index contributed by atoms with van der Waals surface area (Å²) in [5, 5.41) is 14.6. The molecule has 4 aromatic rings. The number of carbonyl (C=O) groups excluding carboxylic acids is 1. The maximum absolute atomic E-state index is 13.5. The second-order valence-corrected chi connectivity index (χ2v) is 9.12. The lowest BCUT2D eigenvalue weighted by molar-refractivity contribution is -0.111. The molecule has 6 bridgehead atoms. The van der Waals surface area contributed by atoms with Gasteiger partial charge in [-0.3, -0.25) is 14.5 Å². The Labute approximate surface area is 203 Å². The summed E-state index contributed by atoms with van der Waals surface area (Å²) in [4.78, 5) is 17.9. The Hall–Kier alpha value is -4.23. The van der Waals surface area contributed by atoms with Crippen LogP contribution in [0.3, 0.4) is 0 Å². The molecule has 6 rings (SSSR count). The highest BCUT2D eigenvalue weighted by atomic mass is 16.1. The zero-order valence-electron chi connectivity index (χ0n) is 19.7. The summed E-state index contributed by atoms with van der Waals surface area (Å²) in [5.41, 5.74) is 9.49. The third kappa shape index (κ3) is 4.00. The molecule has 4 heterocycles. The molecule has 3 N–H and O–H groups in total. The van der Waals surface area contributed by atoms with E-state index in [1.54, 1.807) is 6.20 Å². The van der Waals surface area contributed by atoms with Gasteiger partial charge in [-0.2, -0.15) is 5.10 Å². The fourth-order valence-corrected chi connectivity index (χ4v) is 4.85. The summed E-state index contributed by atoms with van der Waals surface area (Å²) in [6.07, 6.45) is 7.38. The van der Waals surface area contributed by atoms with E-state index in [0.29, 0.717) is 17.8 Å². The molecule has 174 valence electrons. The Bertz CT molecular complexity index is 1480. The van der Waals surface area contributed by atoms with Crippen LogP contribution in [0.5, 0.6) is 0 Å². The molecule has 2 aromatic carbocycles. The first-order valence-corrected chi connectivity index (χ1v) is 11.8. The SMILES string of the molecule is CC1C=C2C(=O)Nc3cncc(c3)-c3cccc(c3)CNCc3c(cnn3C)-c3ccc(c2c3)N1. The highest BCUT2D eigenvalue weighted by molar-refractivity contribution is 6.27. The molecule has 0 saturated heterocycles. The van der Waals surface area contributed by atoms with Gasteiger partial charge in [0.2, 0.25) is 0 Å². The zero-order valence-corrected chi connectivity index (χ0v) is 19.7. The third-order valence-electron chi connectivity index (χ3n) is 6.60. The molecular weight excluding hydrogens is 436 g/mol. The molecule has 0 aliphatic carbocycles. The minimum atomic E-state index is -0.151. The second-order valence-electron chi connectivity index (χ2n) is 9.12. The highest BCUT2D eigenvalue weighted by Crippen LogP contribution is 2.35. The fourth-order valence-electron chi connectivity index (χ4n) is 4.85. The predicted molar refractivity (Wildman–Crippen MR) is 139 cm³/mol. The summed E-state index contributed by atoms with van der Waals surface area (Å²) in [6.45, 7) is 3.43. The minimum absolute atomic E-state index is 0.0357. The summed E-state index contributed by atoms with van der Waals surface area (Å²) < 4.78 is 1.91. The molecule has 1 amide bonds. The van der Waals surface area contributed by atoms with Crippen molar-refractivity contribution in [3.8, 4) is 22.3 Å². The number of hydrogen-bond donors (Lipinski definition) is 3. The third-order valence-corrected chi connectivity index (χ3v) is 6.60. The van der Waals surface area contributed by atoms with Crippen LogP contribution in [0.4, 0.5) is 11.4 Å². The average Bonchev–Trinajstić information content (AvgIpc) is 3.23. The van der Waals surface area contributed by atoms with Gasteiger partial charge in [0.15, 0.2) is 0 Å². The number of hydrogen-bond acceptors (Lipinski definition) is 5. The van der Waals surface area contributed by atoms with Crippen LogP contribution in [0.2, 0.25) is 0 Å². The van der Waals surface area contributed by atoms with Gasteiger partial charge in [-0.1, -0.05) is 24.3 Å². The molecule has 7 heteroatoms. The van der Waals surface area contributed by atoms with E-state index in [2.05, 4.69) is 62.4 Å². The number of aryl methyl sites for hydroxylation is 1. The monoisotopic (exact) mass is 462 g/mol. The maximum atomic E-state index is 13.5. The van der Waals surface area contributed by atoms with E-state index in [4.69, 9.17) is 0 Å². The van der Waals surface area contributed by atoms with E-state index in [-0.39, 0.29) is 11.9 Å². The number of anilines is 2. The Morgan fingerprint density at radius 2 is 1.86 bits per heavy atom. The normalized spacial score (nSPS) is 16.9. The van der Waals surface area contributed by atoms with Gasteiger partial charge in [-0.15, -0.1) is 0 Å². The summed E-state index contributed by atoms with van der Waals surface area (Å²) in [5.74, 6) is -0.151. The Morgan fingerprint density at radius 3 is 2.77 bits per heavy atom. The molecular formula is C28H26N6O. The maximum Gasteiger partial charge on any atom is 0.256 e. The first kappa shape index (κ1) is 21.3. The van der Waals surface area contributed by atoms with Gasteiger partial charge < -0.3 is 16.0 Å². The van der Waals surface area contributed by atoms with Gasteiger partial charge in [0, 0.05) is 60.3 Å². The summed E-state index contributed by atoms with van der Waals surface area (Å²) in [7, 11) is 1.96. The van der Waals surface area contributed by atoms with Crippen LogP contribution < -0.4 is 16.0 Å². The Morgan fingerprint density at radius 1 is 0.943 bits per heavy atom. The van der Waals surface area contributed by atoms with Crippen LogP contribution >= 0.6 is 0 Å². The van der Waals surface area contributed by atoms with Gasteiger partial charge in [-0.05, 0) is 54.0 Å². The topological polar surface area (TPSA) is 83.9 Å². The van der Waals surface area contributed by atoms with Crippen LogP contribution in [0.1, 0.15) is 23.7 Å². The second kappa shape index (κ2) is 8.52. The first-order chi connectivity index (χ1) is 17.0. The number of fused-ring (bicyclic) bond motifs is 8. The van der Waals surface area contributed by atoms with Crippen molar-refractivity contribution in [3.05, 3.63) is 90.0 Å². The molecule has 0 saturated carbocycles. The number of carbonyl (C=O) groups is 1. The van der Waals surface area contributed by atoms with Crippen molar-refractivity contribution in [1.29, 1.82) is 0 Å². The van der Waals surface area contributed by atoms with Crippen molar-refractivity contribution < 1.29 is 4.79 Å². The number of aromatic nitrogens is 3. The Kier molecular flexibility index (Phi) is 5.19. The number of pyridine rings is 1. The van der Waals surface area contributed by atoms with E-state index in [1.165, 1.54) is 5.56 Å². The Balaban J connectivity index is 1.50. The number of amides is 1. The van der Waals surface area contributed by atoms with Gasteiger partial charge in [0.25, 0.3) is 5.91 Å². The molecule has 35 heavy (non-hydrogen) atoms. The lowest BCUT2D eigenvalue weighted by Crippen LogP contribution is -2.24. The van der Waals surface area contributed by atoms with Crippen molar-refractivity contribution in [2.75, 3.05) is 10.6 Å².